The highest BCUT2D eigenvalue weighted by Crippen LogP contribution is 2.31. The van der Waals surface area contributed by atoms with E-state index in [1.807, 2.05) is 13.1 Å². The summed E-state index contributed by atoms with van der Waals surface area (Å²) in [5, 5.41) is 3.15. The molecular formula is C12H16N2O. The first-order valence-electron chi connectivity index (χ1n) is 5.24. The molecule has 0 saturated heterocycles. The Morgan fingerprint density at radius 3 is 2.80 bits per heavy atom. The second kappa shape index (κ2) is 3.57. The molecule has 1 heterocycles. The summed E-state index contributed by atoms with van der Waals surface area (Å²) in [5.74, 6) is 0.625. The molecule has 1 aliphatic heterocycles. The zero-order valence-electron chi connectivity index (χ0n) is 9.37. The Balaban J connectivity index is 2.42. The van der Waals surface area contributed by atoms with Crippen molar-refractivity contribution in [3.8, 4) is 0 Å². The first-order chi connectivity index (χ1) is 7.09. The van der Waals surface area contributed by atoms with Crippen molar-refractivity contribution in [2.75, 3.05) is 23.8 Å². The highest BCUT2D eigenvalue weighted by molar-refractivity contribution is 6.02. The van der Waals surface area contributed by atoms with Gasteiger partial charge in [-0.2, -0.15) is 0 Å². The molecule has 1 aromatic rings. The van der Waals surface area contributed by atoms with Crippen LogP contribution in [0.4, 0.5) is 11.4 Å². The van der Waals surface area contributed by atoms with Crippen LogP contribution in [0.25, 0.3) is 0 Å². The Labute approximate surface area is 90.1 Å². The fourth-order valence-electron chi connectivity index (χ4n) is 1.77. The highest BCUT2D eigenvalue weighted by Gasteiger charge is 2.20. The van der Waals surface area contributed by atoms with Crippen molar-refractivity contribution >= 4 is 17.3 Å². The molecule has 1 aliphatic rings. The van der Waals surface area contributed by atoms with Gasteiger partial charge in [-0.25, -0.2) is 0 Å². The molecule has 1 N–H and O–H groups in total. The quantitative estimate of drug-likeness (QED) is 0.760. The van der Waals surface area contributed by atoms with E-state index in [-0.39, 0.29) is 5.91 Å². The molecule has 0 aliphatic carbocycles. The van der Waals surface area contributed by atoms with E-state index >= 15 is 0 Å². The summed E-state index contributed by atoms with van der Waals surface area (Å²) < 4.78 is 0. The smallest absolute Gasteiger partial charge is 0.246 e. The Morgan fingerprint density at radius 1 is 1.40 bits per heavy atom. The third-order valence-electron chi connectivity index (χ3n) is 2.85. The molecule has 0 bridgehead atoms. The Kier molecular flexibility index (Phi) is 2.39. The fourth-order valence-corrected chi connectivity index (χ4v) is 1.77. The molecule has 3 heteroatoms. The Hall–Kier alpha value is -1.51. The lowest BCUT2D eigenvalue weighted by molar-refractivity contribution is -0.116. The minimum atomic E-state index is 0.111. The molecule has 0 fully saturated rings. The third kappa shape index (κ3) is 1.69. The van der Waals surface area contributed by atoms with Gasteiger partial charge in [-0.3, -0.25) is 4.79 Å². The number of hydrogen-bond acceptors (Lipinski definition) is 2. The number of rotatable bonds is 1. The number of carbonyl (C=O) groups is 1. The topological polar surface area (TPSA) is 32.3 Å². The molecular weight excluding hydrogens is 188 g/mol. The van der Waals surface area contributed by atoms with Gasteiger partial charge >= 0.3 is 0 Å². The maximum Gasteiger partial charge on any atom is 0.246 e. The van der Waals surface area contributed by atoms with Crippen molar-refractivity contribution in [1.82, 2.24) is 0 Å². The first kappa shape index (κ1) is 10.0. The molecule has 0 spiro atoms. The lowest BCUT2D eigenvalue weighted by atomic mass is 10.0. The van der Waals surface area contributed by atoms with Gasteiger partial charge in [0, 0.05) is 7.05 Å². The lowest BCUT2D eigenvalue weighted by Crippen LogP contribution is -2.36. The molecule has 1 aromatic carbocycles. The normalized spacial score (nSPS) is 15.2. The average Bonchev–Trinajstić information content (AvgIpc) is 2.23. The van der Waals surface area contributed by atoms with E-state index in [1.165, 1.54) is 5.56 Å². The van der Waals surface area contributed by atoms with E-state index < -0.39 is 0 Å². The van der Waals surface area contributed by atoms with Crippen LogP contribution in [0.1, 0.15) is 25.3 Å². The summed E-state index contributed by atoms with van der Waals surface area (Å²) in [6.07, 6.45) is 0. The van der Waals surface area contributed by atoms with Crippen molar-refractivity contribution < 1.29 is 4.79 Å². The maximum absolute atomic E-state index is 11.4. The number of nitrogens with zero attached hydrogens (tertiary/aromatic N) is 1. The van der Waals surface area contributed by atoms with Crippen LogP contribution >= 0.6 is 0 Å². The zero-order chi connectivity index (χ0) is 11.0. The highest BCUT2D eigenvalue weighted by atomic mass is 16.2. The number of fused-ring (bicyclic) bond motifs is 1. The van der Waals surface area contributed by atoms with Crippen LogP contribution in [0, 0.1) is 0 Å². The molecule has 0 atom stereocenters. The van der Waals surface area contributed by atoms with Crippen molar-refractivity contribution in [3.63, 3.8) is 0 Å². The van der Waals surface area contributed by atoms with E-state index in [4.69, 9.17) is 0 Å². The maximum atomic E-state index is 11.4. The van der Waals surface area contributed by atoms with Gasteiger partial charge in [0.15, 0.2) is 0 Å². The van der Waals surface area contributed by atoms with E-state index in [2.05, 4.69) is 31.3 Å². The SMILES string of the molecule is CC(C)c1ccc2c(c1)NCC(=O)N2C. The second-order valence-corrected chi connectivity index (χ2v) is 4.24. The van der Waals surface area contributed by atoms with E-state index in [0.29, 0.717) is 12.5 Å². The number of likely N-dealkylation sites (N-methyl/N-ethyl adjacent to an activating group) is 1. The molecule has 0 radical (unpaired) electrons. The molecule has 15 heavy (non-hydrogen) atoms. The molecule has 2 rings (SSSR count). The van der Waals surface area contributed by atoms with Crippen molar-refractivity contribution in [1.29, 1.82) is 0 Å². The van der Waals surface area contributed by atoms with Crippen molar-refractivity contribution in [2.24, 2.45) is 0 Å². The summed E-state index contributed by atoms with van der Waals surface area (Å²) in [5.41, 5.74) is 3.32. The van der Waals surface area contributed by atoms with Crippen LogP contribution in [0.15, 0.2) is 18.2 Å². The summed E-state index contributed by atoms with van der Waals surface area (Å²) in [6.45, 7) is 4.73. The summed E-state index contributed by atoms with van der Waals surface area (Å²) >= 11 is 0. The first-order valence-corrected chi connectivity index (χ1v) is 5.24. The molecule has 0 unspecified atom stereocenters. The Morgan fingerprint density at radius 2 is 2.13 bits per heavy atom. The van der Waals surface area contributed by atoms with Crippen LogP contribution in [-0.4, -0.2) is 19.5 Å². The molecule has 80 valence electrons. The average molecular weight is 204 g/mol. The Bertz CT molecular complexity index is 399. The number of nitrogens with one attached hydrogen (secondary N) is 1. The number of hydrogen-bond donors (Lipinski definition) is 1. The van der Waals surface area contributed by atoms with Gasteiger partial charge in [0.25, 0.3) is 0 Å². The summed E-state index contributed by atoms with van der Waals surface area (Å²) in [7, 11) is 1.82. The minimum absolute atomic E-state index is 0.111. The van der Waals surface area contributed by atoms with Crippen LogP contribution in [0.5, 0.6) is 0 Å². The third-order valence-corrected chi connectivity index (χ3v) is 2.85. The monoisotopic (exact) mass is 204 g/mol. The van der Waals surface area contributed by atoms with Crippen LogP contribution < -0.4 is 10.2 Å². The van der Waals surface area contributed by atoms with Crippen LogP contribution in [0.2, 0.25) is 0 Å². The zero-order valence-corrected chi connectivity index (χ0v) is 9.37. The van der Waals surface area contributed by atoms with Gasteiger partial charge in [-0.05, 0) is 23.6 Å². The van der Waals surface area contributed by atoms with E-state index in [1.54, 1.807) is 4.90 Å². The lowest BCUT2D eigenvalue weighted by Gasteiger charge is -2.27. The van der Waals surface area contributed by atoms with Crippen molar-refractivity contribution in [2.45, 2.75) is 19.8 Å². The van der Waals surface area contributed by atoms with Gasteiger partial charge in [-0.15, -0.1) is 0 Å². The van der Waals surface area contributed by atoms with Gasteiger partial charge in [0.1, 0.15) is 0 Å². The summed E-state index contributed by atoms with van der Waals surface area (Å²) in [4.78, 5) is 13.1. The predicted octanol–water partition coefficient (Wildman–Crippen LogP) is 2.20. The van der Waals surface area contributed by atoms with E-state index in [9.17, 15) is 4.79 Å². The molecule has 1 amide bonds. The number of benzene rings is 1. The fraction of sp³-hybridized carbons (Fsp3) is 0.417. The standard InChI is InChI=1S/C12H16N2O/c1-8(2)9-4-5-11-10(6-9)13-7-12(15)14(11)3/h4-6,8,13H,7H2,1-3H3. The molecule has 0 saturated carbocycles. The van der Waals surface area contributed by atoms with Gasteiger partial charge < -0.3 is 10.2 Å². The van der Waals surface area contributed by atoms with Crippen LogP contribution in [-0.2, 0) is 4.79 Å². The number of anilines is 2. The molecule has 0 aromatic heterocycles. The van der Waals surface area contributed by atoms with Gasteiger partial charge in [0.05, 0.1) is 17.9 Å². The number of carbonyl (C=O) groups excluding carboxylic acids is 1. The van der Waals surface area contributed by atoms with Crippen LogP contribution in [0.3, 0.4) is 0 Å². The van der Waals surface area contributed by atoms with Gasteiger partial charge in [0.2, 0.25) is 5.91 Å². The second-order valence-electron chi connectivity index (χ2n) is 4.24. The van der Waals surface area contributed by atoms with E-state index in [0.717, 1.165) is 11.4 Å². The number of amides is 1. The van der Waals surface area contributed by atoms with Crippen molar-refractivity contribution in [3.05, 3.63) is 23.8 Å². The summed E-state index contributed by atoms with van der Waals surface area (Å²) in [6, 6.07) is 6.22. The molecule has 3 nitrogen and oxygen atoms in total. The predicted molar refractivity (Wildman–Crippen MR) is 62.4 cm³/mol. The minimum Gasteiger partial charge on any atom is -0.374 e. The largest absolute Gasteiger partial charge is 0.374 e. The van der Waals surface area contributed by atoms with Gasteiger partial charge in [-0.1, -0.05) is 19.9 Å².